The van der Waals surface area contributed by atoms with E-state index in [1.165, 1.54) is 0 Å². The molecule has 0 saturated carbocycles. The van der Waals surface area contributed by atoms with Crippen molar-refractivity contribution in [3.8, 4) is 0 Å². The fourth-order valence-corrected chi connectivity index (χ4v) is 3.55. The van der Waals surface area contributed by atoms with Gasteiger partial charge < -0.3 is 42.9 Å². The number of nitrogens with zero attached hydrogens (tertiary/aromatic N) is 1. The zero-order valence-electron chi connectivity index (χ0n) is 19.1. The molecule has 1 fully saturated rings. The van der Waals surface area contributed by atoms with Crippen LogP contribution in [-0.4, -0.2) is 87.3 Å². The number of likely N-dealkylation sites (tertiary alicyclic amines) is 1. The molecule has 0 spiro atoms. The number of amides is 5. The Morgan fingerprint density at radius 1 is 0.857 bits per heavy atom. The largest absolute Gasteiger partial charge is 0.481 e. The Bertz CT molecular complexity index is 849. The third kappa shape index (κ3) is 9.95. The van der Waals surface area contributed by atoms with E-state index in [-0.39, 0.29) is 45.1 Å². The van der Waals surface area contributed by atoms with E-state index in [2.05, 4.69) is 10.6 Å². The molecule has 0 radical (unpaired) electrons. The molecule has 15 heteroatoms. The Balaban J connectivity index is 2.95. The number of carboxylic acid groups (broad SMARTS) is 2. The fourth-order valence-electron chi connectivity index (χ4n) is 3.55. The van der Waals surface area contributed by atoms with Gasteiger partial charge in [0.15, 0.2) is 0 Å². The molecule has 1 rings (SSSR count). The van der Waals surface area contributed by atoms with Crippen molar-refractivity contribution >= 4 is 41.5 Å². The number of nitrogens with two attached hydrogens (primary N) is 3. The summed E-state index contributed by atoms with van der Waals surface area (Å²) >= 11 is 0. The Kier molecular flexibility index (Phi) is 11.6. The van der Waals surface area contributed by atoms with E-state index < -0.39 is 72.1 Å². The molecule has 0 bridgehead atoms. The second-order valence-corrected chi connectivity index (χ2v) is 8.20. The van der Waals surface area contributed by atoms with Gasteiger partial charge in [-0.2, -0.15) is 0 Å². The fraction of sp³-hybridized carbons (Fsp3) is 0.650. The molecule has 5 amide bonds. The summed E-state index contributed by atoms with van der Waals surface area (Å²) in [4.78, 5) is 83.8. The van der Waals surface area contributed by atoms with Crippen LogP contribution in [0.5, 0.6) is 0 Å². The van der Waals surface area contributed by atoms with Crippen molar-refractivity contribution in [2.24, 2.45) is 17.2 Å². The molecular formula is C20H32N6O9. The van der Waals surface area contributed by atoms with Crippen LogP contribution in [0, 0.1) is 0 Å². The number of hydrogen-bond acceptors (Lipinski definition) is 8. The Morgan fingerprint density at radius 3 is 1.97 bits per heavy atom. The van der Waals surface area contributed by atoms with E-state index >= 15 is 0 Å². The van der Waals surface area contributed by atoms with E-state index in [4.69, 9.17) is 22.3 Å². The number of carbonyl (C=O) groups excluding carboxylic acids is 5. The summed E-state index contributed by atoms with van der Waals surface area (Å²) in [5, 5.41) is 23.0. The predicted molar refractivity (Wildman–Crippen MR) is 118 cm³/mol. The average Bonchev–Trinajstić information content (AvgIpc) is 3.26. The van der Waals surface area contributed by atoms with Crippen molar-refractivity contribution < 1.29 is 43.8 Å². The highest BCUT2D eigenvalue weighted by Crippen LogP contribution is 2.20. The van der Waals surface area contributed by atoms with Gasteiger partial charge in [-0.1, -0.05) is 0 Å². The quantitative estimate of drug-likeness (QED) is 0.118. The summed E-state index contributed by atoms with van der Waals surface area (Å²) in [6, 6.07) is -4.97. The molecule has 1 aliphatic heterocycles. The minimum atomic E-state index is -1.40. The van der Waals surface area contributed by atoms with Crippen molar-refractivity contribution in [3.63, 3.8) is 0 Å². The summed E-state index contributed by atoms with van der Waals surface area (Å²) in [7, 11) is 0. The molecule has 1 heterocycles. The van der Waals surface area contributed by atoms with Gasteiger partial charge in [-0.3, -0.25) is 28.8 Å². The molecule has 0 aliphatic carbocycles. The number of nitrogens with one attached hydrogen (secondary N) is 2. The molecule has 35 heavy (non-hydrogen) atoms. The second-order valence-electron chi connectivity index (χ2n) is 8.20. The van der Waals surface area contributed by atoms with Crippen molar-refractivity contribution in [1.82, 2.24) is 15.5 Å². The zero-order chi connectivity index (χ0) is 26.7. The van der Waals surface area contributed by atoms with E-state index in [1.807, 2.05) is 0 Å². The van der Waals surface area contributed by atoms with Gasteiger partial charge >= 0.3 is 11.9 Å². The van der Waals surface area contributed by atoms with Gasteiger partial charge in [-0.25, -0.2) is 4.79 Å². The molecule has 10 N–H and O–H groups in total. The van der Waals surface area contributed by atoms with Crippen LogP contribution >= 0.6 is 0 Å². The Hall–Kier alpha value is -3.75. The van der Waals surface area contributed by atoms with Gasteiger partial charge in [-0.05, 0) is 32.1 Å². The molecule has 4 unspecified atom stereocenters. The van der Waals surface area contributed by atoms with Crippen molar-refractivity contribution in [2.45, 2.75) is 75.5 Å². The summed E-state index contributed by atoms with van der Waals surface area (Å²) in [5.41, 5.74) is 15.8. The van der Waals surface area contributed by atoms with Crippen LogP contribution in [0.3, 0.4) is 0 Å². The molecule has 0 aromatic heterocycles. The van der Waals surface area contributed by atoms with Crippen LogP contribution in [0.2, 0.25) is 0 Å². The molecule has 0 aromatic rings. The summed E-state index contributed by atoms with van der Waals surface area (Å²) in [5.74, 6) is -6.32. The smallest absolute Gasteiger partial charge is 0.326 e. The molecule has 196 valence electrons. The van der Waals surface area contributed by atoms with Crippen molar-refractivity contribution in [2.75, 3.05) is 6.54 Å². The van der Waals surface area contributed by atoms with E-state index in [0.29, 0.717) is 6.42 Å². The lowest BCUT2D eigenvalue weighted by atomic mass is 10.1. The lowest BCUT2D eigenvalue weighted by molar-refractivity contribution is -0.145. The third-order valence-corrected chi connectivity index (χ3v) is 5.43. The Morgan fingerprint density at radius 2 is 1.43 bits per heavy atom. The maximum absolute atomic E-state index is 13.2. The van der Waals surface area contributed by atoms with Gasteiger partial charge in [0.2, 0.25) is 29.5 Å². The number of carboxylic acids is 2. The first-order chi connectivity index (χ1) is 16.3. The molecular weight excluding hydrogens is 468 g/mol. The van der Waals surface area contributed by atoms with Gasteiger partial charge in [0, 0.05) is 25.8 Å². The zero-order valence-corrected chi connectivity index (χ0v) is 19.1. The average molecular weight is 501 g/mol. The monoisotopic (exact) mass is 500 g/mol. The third-order valence-electron chi connectivity index (χ3n) is 5.43. The lowest BCUT2D eigenvalue weighted by Crippen LogP contribution is -2.56. The van der Waals surface area contributed by atoms with Crippen LogP contribution in [-0.2, 0) is 33.6 Å². The van der Waals surface area contributed by atoms with Gasteiger partial charge in [0.1, 0.15) is 18.1 Å². The van der Waals surface area contributed by atoms with Crippen molar-refractivity contribution in [3.05, 3.63) is 0 Å². The molecule has 4 atom stereocenters. The number of carbonyl (C=O) groups is 7. The molecule has 0 aromatic carbocycles. The van der Waals surface area contributed by atoms with Crippen LogP contribution in [0.4, 0.5) is 0 Å². The van der Waals surface area contributed by atoms with Crippen LogP contribution < -0.4 is 27.8 Å². The molecule has 15 nitrogen and oxygen atoms in total. The van der Waals surface area contributed by atoms with Gasteiger partial charge in [0.25, 0.3) is 0 Å². The number of primary amides is 2. The van der Waals surface area contributed by atoms with Crippen LogP contribution in [0.1, 0.15) is 51.4 Å². The topological polar surface area (TPSA) is 265 Å². The highest BCUT2D eigenvalue weighted by Gasteiger charge is 2.39. The molecule has 1 aliphatic rings. The maximum Gasteiger partial charge on any atom is 0.326 e. The highest BCUT2D eigenvalue weighted by atomic mass is 16.4. The summed E-state index contributed by atoms with van der Waals surface area (Å²) < 4.78 is 0. The minimum Gasteiger partial charge on any atom is -0.481 e. The van der Waals surface area contributed by atoms with E-state index in [1.54, 1.807) is 0 Å². The summed E-state index contributed by atoms with van der Waals surface area (Å²) in [6.45, 7) is 0.114. The summed E-state index contributed by atoms with van der Waals surface area (Å²) in [6.07, 6.45) is -0.913. The van der Waals surface area contributed by atoms with Crippen molar-refractivity contribution in [1.29, 1.82) is 0 Å². The van der Waals surface area contributed by atoms with E-state index in [9.17, 15) is 38.7 Å². The minimum absolute atomic E-state index is 0.0857. The predicted octanol–water partition coefficient (Wildman–Crippen LogP) is -3.25. The standard InChI is InChI=1S/C20H32N6O9/c21-10(3-6-14(22)27)17(31)24-11(5-8-16(29)30)19(33)26-9-1-2-13(26)18(32)25-12(20(34)35)4-7-15(23)28/h10-13H,1-9,21H2,(H2,22,27)(H2,23,28)(H,24,31)(H,25,32)(H,29,30)(H,34,35). The first-order valence-corrected chi connectivity index (χ1v) is 11.0. The molecule has 1 saturated heterocycles. The normalized spacial score (nSPS) is 17.6. The number of hydrogen-bond donors (Lipinski definition) is 7. The van der Waals surface area contributed by atoms with Gasteiger partial charge in [-0.15, -0.1) is 0 Å². The number of aliphatic carboxylic acids is 2. The SMILES string of the molecule is NC(=O)CCC(N)C(=O)NC(CCC(=O)O)C(=O)N1CCCC1C(=O)NC(CCC(N)=O)C(=O)O. The second kappa shape index (κ2) is 13.8. The lowest BCUT2D eigenvalue weighted by Gasteiger charge is -2.29. The van der Waals surface area contributed by atoms with E-state index in [0.717, 1.165) is 4.90 Å². The first kappa shape index (κ1) is 29.3. The van der Waals surface area contributed by atoms with Crippen LogP contribution in [0.15, 0.2) is 0 Å². The first-order valence-electron chi connectivity index (χ1n) is 11.0. The Labute approximate surface area is 200 Å². The maximum atomic E-state index is 13.2. The highest BCUT2D eigenvalue weighted by molar-refractivity contribution is 5.95. The number of rotatable bonds is 15. The van der Waals surface area contributed by atoms with Crippen LogP contribution in [0.25, 0.3) is 0 Å². The van der Waals surface area contributed by atoms with Gasteiger partial charge in [0.05, 0.1) is 6.04 Å².